The van der Waals surface area contributed by atoms with Crippen molar-refractivity contribution in [1.82, 2.24) is 19.9 Å². The monoisotopic (exact) mass is 453 g/mol. The molecule has 0 bridgehead atoms. The molecule has 1 aliphatic heterocycles. The Labute approximate surface area is 180 Å². The number of amides is 2. The van der Waals surface area contributed by atoms with Gasteiger partial charge in [0.15, 0.2) is 0 Å². The smallest absolute Gasteiger partial charge is 0.358 e. The summed E-state index contributed by atoms with van der Waals surface area (Å²) in [4.78, 5) is 27.0. The van der Waals surface area contributed by atoms with Crippen LogP contribution in [0.4, 0.5) is 35.2 Å². The molecule has 2 amide bonds. The number of anilines is 3. The van der Waals surface area contributed by atoms with Crippen molar-refractivity contribution in [3.63, 3.8) is 0 Å². The Morgan fingerprint density at radius 3 is 2.68 bits per heavy atom. The van der Waals surface area contributed by atoms with Gasteiger partial charge in [-0.05, 0) is 18.2 Å². The molecular formula is C19H19ClF3N7O. The Bertz CT molecular complexity index is 1080. The number of alkyl halides is 3. The zero-order chi connectivity index (χ0) is 22.0. The number of hydrogen-bond donors (Lipinski definition) is 3. The highest BCUT2D eigenvalue weighted by Gasteiger charge is 2.32. The number of halogens is 4. The Morgan fingerprint density at radius 1 is 1.19 bits per heavy atom. The third-order valence-corrected chi connectivity index (χ3v) is 5.12. The van der Waals surface area contributed by atoms with E-state index in [1.54, 1.807) is 24.5 Å². The van der Waals surface area contributed by atoms with Gasteiger partial charge in [-0.3, -0.25) is 9.88 Å². The normalized spacial score (nSPS) is 15.3. The molecular weight excluding hydrogens is 435 g/mol. The summed E-state index contributed by atoms with van der Waals surface area (Å²) in [7, 11) is 0. The number of hydrogen-bond acceptors (Lipinski definition) is 5. The number of fused-ring (bicyclic) bond motifs is 1. The summed E-state index contributed by atoms with van der Waals surface area (Å²) in [6, 6.07) is 4.70. The maximum absolute atomic E-state index is 12.5. The third-order valence-electron chi connectivity index (χ3n) is 4.84. The van der Waals surface area contributed by atoms with E-state index in [0.29, 0.717) is 40.8 Å². The minimum atomic E-state index is -4.21. The van der Waals surface area contributed by atoms with Gasteiger partial charge in [0.1, 0.15) is 11.3 Å². The van der Waals surface area contributed by atoms with Gasteiger partial charge in [0.25, 0.3) is 0 Å². The van der Waals surface area contributed by atoms with Crippen LogP contribution in [0.2, 0.25) is 5.02 Å². The average Bonchev–Trinajstić information content (AvgIpc) is 3.11. The second-order valence-electron chi connectivity index (χ2n) is 7.09. The summed E-state index contributed by atoms with van der Waals surface area (Å²) in [5.41, 5.74) is 2.34. The van der Waals surface area contributed by atoms with E-state index in [9.17, 15) is 18.0 Å². The van der Waals surface area contributed by atoms with Crippen molar-refractivity contribution in [3.8, 4) is 0 Å². The van der Waals surface area contributed by atoms with Gasteiger partial charge in [-0.1, -0.05) is 11.6 Å². The quantitative estimate of drug-likeness (QED) is 0.557. The van der Waals surface area contributed by atoms with E-state index in [-0.39, 0.29) is 13.1 Å². The maximum Gasteiger partial charge on any atom is 0.401 e. The predicted octanol–water partition coefficient (Wildman–Crippen LogP) is 3.94. The molecule has 31 heavy (non-hydrogen) atoms. The van der Waals surface area contributed by atoms with Gasteiger partial charge in [0.05, 0.1) is 34.7 Å². The first kappa shape index (κ1) is 21.2. The van der Waals surface area contributed by atoms with Crippen molar-refractivity contribution in [2.75, 3.05) is 48.3 Å². The molecule has 0 atom stereocenters. The molecule has 1 fully saturated rings. The number of H-pyrrole nitrogens is 1. The summed E-state index contributed by atoms with van der Waals surface area (Å²) < 4.78 is 37.6. The first-order valence-electron chi connectivity index (χ1n) is 9.48. The Morgan fingerprint density at radius 2 is 1.97 bits per heavy atom. The lowest BCUT2D eigenvalue weighted by atomic mass is 10.3. The number of aromatic amines is 1. The second-order valence-corrected chi connectivity index (χ2v) is 7.50. The lowest BCUT2D eigenvalue weighted by Gasteiger charge is -2.36. The maximum atomic E-state index is 12.5. The molecule has 4 heterocycles. The third kappa shape index (κ3) is 5.17. The van der Waals surface area contributed by atoms with Crippen molar-refractivity contribution < 1.29 is 18.0 Å². The molecule has 4 rings (SSSR count). The lowest BCUT2D eigenvalue weighted by Crippen LogP contribution is -2.49. The number of pyridine rings is 2. The van der Waals surface area contributed by atoms with Crippen LogP contribution in [0.3, 0.4) is 0 Å². The molecule has 3 aromatic rings. The first-order chi connectivity index (χ1) is 14.8. The molecule has 0 aromatic carbocycles. The van der Waals surface area contributed by atoms with E-state index in [1.165, 1.54) is 11.1 Å². The fourth-order valence-corrected chi connectivity index (χ4v) is 3.72. The van der Waals surface area contributed by atoms with Crippen LogP contribution >= 0.6 is 11.6 Å². The molecule has 0 saturated carbocycles. The van der Waals surface area contributed by atoms with E-state index in [0.717, 1.165) is 5.52 Å². The lowest BCUT2D eigenvalue weighted by molar-refractivity contribution is -0.146. The number of carbonyl (C=O) groups is 1. The largest absolute Gasteiger partial charge is 0.401 e. The average molecular weight is 454 g/mol. The summed E-state index contributed by atoms with van der Waals surface area (Å²) in [5, 5.41) is 5.67. The molecule has 1 saturated heterocycles. The van der Waals surface area contributed by atoms with Crippen LogP contribution < -0.4 is 15.5 Å². The van der Waals surface area contributed by atoms with Crippen molar-refractivity contribution in [3.05, 3.63) is 41.8 Å². The molecule has 0 spiro atoms. The SMILES string of the molecule is O=C(Nc1cnc(N2CCN(CC(F)(F)F)CC2)c(Cl)c1)Nc1c[nH]c2cccnc12. The molecule has 3 N–H and O–H groups in total. The van der Waals surface area contributed by atoms with Gasteiger partial charge in [-0.15, -0.1) is 0 Å². The van der Waals surface area contributed by atoms with Gasteiger partial charge in [0, 0.05) is 38.6 Å². The number of aromatic nitrogens is 3. The Balaban J connectivity index is 1.36. The highest BCUT2D eigenvalue weighted by atomic mass is 35.5. The predicted molar refractivity (Wildman–Crippen MR) is 113 cm³/mol. The van der Waals surface area contributed by atoms with Crippen LogP contribution in [0, 0.1) is 0 Å². The van der Waals surface area contributed by atoms with Gasteiger partial charge in [-0.25, -0.2) is 9.78 Å². The molecule has 164 valence electrons. The zero-order valence-electron chi connectivity index (χ0n) is 16.2. The highest BCUT2D eigenvalue weighted by molar-refractivity contribution is 6.33. The summed E-state index contributed by atoms with van der Waals surface area (Å²) >= 11 is 6.33. The van der Waals surface area contributed by atoms with Crippen molar-refractivity contribution in [2.45, 2.75) is 6.18 Å². The molecule has 12 heteroatoms. The van der Waals surface area contributed by atoms with Crippen LogP contribution in [0.5, 0.6) is 0 Å². The molecule has 1 aliphatic rings. The topological polar surface area (TPSA) is 89.2 Å². The van der Waals surface area contributed by atoms with Crippen LogP contribution in [0.15, 0.2) is 36.8 Å². The van der Waals surface area contributed by atoms with E-state index in [1.807, 2.05) is 11.0 Å². The van der Waals surface area contributed by atoms with E-state index >= 15 is 0 Å². The number of piperazine rings is 1. The van der Waals surface area contributed by atoms with Crippen LogP contribution in [0.25, 0.3) is 11.0 Å². The van der Waals surface area contributed by atoms with Gasteiger partial charge >= 0.3 is 12.2 Å². The van der Waals surface area contributed by atoms with Crippen molar-refractivity contribution in [1.29, 1.82) is 0 Å². The minimum absolute atomic E-state index is 0.262. The van der Waals surface area contributed by atoms with Crippen molar-refractivity contribution >= 4 is 45.9 Å². The second kappa shape index (κ2) is 8.60. The number of rotatable bonds is 4. The van der Waals surface area contributed by atoms with Crippen LogP contribution in [-0.2, 0) is 0 Å². The summed E-state index contributed by atoms with van der Waals surface area (Å²) in [6.45, 7) is 0.357. The van der Waals surface area contributed by atoms with E-state index in [2.05, 4.69) is 25.6 Å². The first-order valence-corrected chi connectivity index (χ1v) is 9.86. The summed E-state index contributed by atoms with van der Waals surface area (Å²) in [5.74, 6) is 0.472. The minimum Gasteiger partial charge on any atom is -0.358 e. The van der Waals surface area contributed by atoms with Gasteiger partial charge in [0.2, 0.25) is 0 Å². The number of nitrogens with zero attached hydrogens (tertiary/aromatic N) is 4. The van der Waals surface area contributed by atoms with E-state index in [4.69, 9.17) is 11.6 Å². The van der Waals surface area contributed by atoms with E-state index < -0.39 is 18.8 Å². The van der Waals surface area contributed by atoms with Gasteiger partial charge in [-0.2, -0.15) is 13.2 Å². The fraction of sp³-hybridized carbons (Fsp3) is 0.316. The Kier molecular flexibility index (Phi) is 5.88. The Hall–Kier alpha value is -3.05. The number of urea groups is 1. The van der Waals surface area contributed by atoms with Gasteiger partial charge < -0.3 is 20.5 Å². The standard InChI is InChI=1S/C19H19ClF3N7O/c20-13-8-12(27-18(31)28-15-10-25-14-2-1-3-24-16(14)15)9-26-17(13)30-6-4-29(5-7-30)11-19(21,22)23/h1-3,8-10,25H,4-7,11H2,(H2,27,28,31). The molecule has 0 unspecified atom stereocenters. The number of carbonyl (C=O) groups excluding carboxylic acids is 1. The molecule has 0 radical (unpaired) electrons. The molecule has 3 aromatic heterocycles. The molecule has 0 aliphatic carbocycles. The molecule has 8 nitrogen and oxygen atoms in total. The number of nitrogens with one attached hydrogen (secondary N) is 3. The fourth-order valence-electron chi connectivity index (χ4n) is 3.44. The van der Waals surface area contributed by atoms with Crippen LogP contribution in [0.1, 0.15) is 0 Å². The zero-order valence-corrected chi connectivity index (χ0v) is 17.0. The van der Waals surface area contributed by atoms with Crippen molar-refractivity contribution in [2.24, 2.45) is 0 Å². The van der Waals surface area contributed by atoms with Crippen LogP contribution in [-0.4, -0.2) is 64.8 Å². The highest BCUT2D eigenvalue weighted by Crippen LogP contribution is 2.28. The summed E-state index contributed by atoms with van der Waals surface area (Å²) in [6.07, 6.45) is 0.514.